The third-order valence-corrected chi connectivity index (χ3v) is 4.45. The van der Waals surface area contributed by atoms with Crippen LogP contribution < -0.4 is 4.90 Å². The van der Waals surface area contributed by atoms with Crippen LogP contribution in [0.25, 0.3) is 11.1 Å². The summed E-state index contributed by atoms with van der Waals surface area (Å²) in [4.78, 5) is 6.85. The molecule has 22 heavy (non-hydrogen) atoms. The summed E-state index contributed by atoms with van der Waals surface area (Å²) in [7, 11) is 0. The first kappa shape index (κ1) is 14.0. The summed E-state index contributed by atoms with van der Waals surface area (Å²) in [6.07, 6.45) is 5.07. The highest BCUT2D eigenvalue weighted by Gasteiger charge is 2.26. The van der Waals surface area contributed by atoms with E-state index in [1.165, 1.54) is 0 Å². The number of rotatable bonds is 5. The number of hydrogen-bond donors (Lipinski definition) is 0. The molecule has 5 nitrogen and oxygen atoms in total. The number of para-hydroxylation sites is 2. The fourth-order valence-corrected chi connectivity index (χ4v) is 3.29. The molecule has 2 aromatic rings. The van der Waals surface area contributed by atoms with E-state index >= 15 is 0 Å². The van der Waals surface area contributed by atoms with Crippen LogP contribution in [0.4, 0.5) is 6.01 Å². The highest BCUT2D eigenvalue weighted by atomic mass is 16.5. The predicted molar refractivity (Wildman–Crippen MR) is 84.2 cm³/mol. The highest BCUT2D eigenvalue weighted by molar-refractivity contribution is 5.74. The lowest BCUT2D eigenvalue weighted by atomic mass is 10.2. The number of fused-ring (bicyclic) bond motifs is 1. The van der Waals surface area contributed by atoms with Gasteiger partial charge in [-0.05, 0) is 37.8 Å². The lowest BCUT2D eigenvalue weighted by Gasteiger charge is -2.26. The zero-order valence-corrected chi connectivity index (χ0v) is 12.7. The van der Waals surface area contributed by atoms with Crippen molar-refractivity contribution in [3.8, 4) is 0 Å². The van der Waals surface area contributed by atoms with Crippen LogP contribution in [0.2, 0.25) is 0 Å². The first-order chi connectivity index (χ1) is 10.9. The number of hydrogen-bond acceptors (Lipinski definition) is 5. The van der Waals surface area contributed by atoms with Crippen molar-refractivity contribution in [2.45, 2.75) is 37.9 Å². The van der Waals surface area contributed by atoms with E-state index in [9.17, 15) is 0 Å². The average Bonchev–Trinajstić information content (AvgIpc) is 3.28. The van der Waals surface area contributed by atoms with Crippen LogP contribution in [0.15, 0.2) is 28.7 Å². The van der Waals surface area contributed by atoms with Crippen LogP contribution in [0.3, 0.4) is 0 Å². The van der Waals surface area contributed by atoms with Crippen LogP contribution in [0.5, 0.6) is 0 Å². The Hall–Kier alpha value is -1.59. The molecule has 0 aliphatic carbocycles. The summed E-state index contributed by atoms with van der Waals surface area (Å²) in [6.45, 7) is 3.39. The molecule has 2 aliphatic heterocycles. The van der Waals surface area contributed by atoms with Crippen molar-refractivity contribution < 1.29 is 13.9 Å². The molecular weight excluding hydrogens is 280 g/mol. The minimum atomic E-state index is 0.274. The van der Waals surface area contributed by atoms with E-state index in [0.29, 0.717) is 6.01 Å². The Morgan fingerprint density at radius 3 is 2.27 bits per heavy atom. The first-order valence-corrected chi connectivity index (χ1v) is 8.22. The van der Waals surface area contributed by atoms with Gasteiger partial charge in [0.25, 0.3) is 6.01 Å². The van der Waals surface area contributed by atoms with Gasteiger partial charge in [-0.2, -0.15) is 4.98 Å². The maximum absolute atomic E-state index is 5.95. The Labute approximate surface area is 130 Å². The van der Waals surface area contributed by atoms with Gasteiger partial charge in [-0.25, -0.2) is 0 Å². The topological polar surface area (TPSA) is 47.7 Å². The van der Waals surface area contributed by atoms with Gasteiger partial charge < -0.3 is 18.8 Å². The molecular formula is C17H22N2O3. The summed E-state index contributed by atoms with van der Waals surface area (Å²) >= 11 is 0. The molecule has 0 saturated carbocycles. The van der Waals surface area contributed by atoms with Gasteiger partial charge in [0.2, 0.25) is 0 Å². The fourth-order valence-electron chi connectivity index (χ4n) is 3.29. The normalized spacial score (nSPS) is 25.1. The second-order valence-corrected chi connectivity index (χ2v) is 6.14. The zero-order chi connectivity index (χ0) is 14.8. The Bertz CT molecular complexity index is 564. The first-order valence-electron chi connectivity index (χ1n) is 8.22. The number of oxazole rings is 1. The monoisotopic (exact) mass is 302 g/mol. The number of ether oxygens (including phenoxy) is 2. The predicted octanol–water partition coefficient (Wildman–Crippen LogP) is 2.99. The maximum atomic E-state index is 5.95. The Morgan fingerprint density at radius 2 is 1.68 bits per heavy atom. The molecule has 2 aliphatic rings. The van der Waals surface area contributed by atoms with E-state index < -0.39 is 0 Å². The zero-order valence-electron chi connectivity index (χ0n) is 12.7. The fraction of sp³-hybridized carbons (Fsp3) is 0.588. The largest absolute Gasteiger partial charge is 0.423 e. The van der Waals surface area contributed by atoms with Crippen LogP contribution in [-0.2, 0) is 9.47 Å². The van der Waals surface area contributed by atoms with Gasteiger partial charge in [-0.3, -0.25) is 0 Å². The van der Waals surface area contributed by atoms with Gasteiger partial charge >= 0.3 is 0 Å². The summed E-state index contributed by atoms with van der Waals surface area (Å²) in [5, 5.41) is 0. The molecule has 118 valence electrons. The molecule has 0 radical (unpaired) electrons. The summed E-state index contributed by atoms with van der Waals surface area (Å²) in [6, 6.07) is 8.59. The van der Waals surface area contributed by atoms with Gasteiger partial charge in [0.15, 0.2) is 5.58 Å². The van der Waals surface area contributed by atoms with Crippen molar-refractivity contribution in [1.82, 2.24) is 4.98 Å². The van der Waals surface area contributed by atoms with E-state index in [4.69, 9.17) is 13.9 Å². The molecule has 0 spiro atoms. The lowest BCUT2D eigenvalue weighted by molar-refractivity contribution is 0.0983. The van der Waals surface area contributed by atoms with Gasteiger partial charge in [0.05, 0.1) is 12.2 Å². The van der Waals surface area contributed by atoms with E-state index in [-0.39, 0.29) is 12.2 Å². The number of anilines is 1. The van der Waals surface area contributed by atoms with Crippen molar-refractivity contribution in [3.05, 3.63) is 24.3 Å². The van der Waals surface area contributed by atoms with Gasteiger partial charge in [-0.1, -0.05) is 12.1 Å². The smallest absolute Gasteiger partial charge is 0.298 e. The quantitative estimate of drug-likeness (QED) is 0.849. The van der Waals surface area contributed by atoms with Crippen molar-refractivity contribution >= 4 is 17.1 Å². The molecule has 2 atom stereocenters. The summed E-state index contributed by atoms with van der Waals surface area (Å²) < 4.78 is 17.5. The minimum Gasteiger partial charge on any atom is -0.423 e. The number of benzene rings is 1. The molecule has 0 N–H and O–H groups in total. The lowest BCUT2D eigenvalue weighted by Crippen LogP contribution is -2.38. The molecule has 0 bridgehead atoms. The van der Waals surface area contributed by atoms with Crippen molar-refractivity contribution in [1.29, 1.82) is 0 Å². The number of aromatic nitrogens is 1. The number of nitrogens with zero attached hydrogens (tertiary/aromatic N) is 2. The Kier molecular flexibility index (Phi) is 3.99. The van der Waals surface area contributed by atoms with Gasteiger partial charge in [0, 0.05) is 26.3 Å². The molecule has 5 heteroatoms. The molecule has 1 aromatic heterocycles. The maximum Gasteiger partial charge on any atom is 0.298 e. The average molecular weight is 302 g/mol. The van der Waals surface area contributed by atoms with Gasteiger partial charge in [-0.15, -0.1) is 0 Å². The van der Waals surface area contributed by atoms with Crippen molar-refractivity contribution in [2.75, 3.05) is 31.2 Å². The minimum absolute atomic E-state index is 0.274. The second-order valence-electron chi connectivity index (χ2n) is 6.14. The van der Waals surface area contributed by atoms with E-state index in [2.05, 4.69) is 9.88 Å². The van der Waals surface area contributed by atoms with E-state index in [1.807, 2.05) is 24.3 Å². The second kappa shape index (κ2) is 6.26. The highest BCUT2D eigenvalue weighted by Crippen LogP contribution is 2.25. The molecule has 4 rings (SSSR count). The van der Waals surface area contributed by atoms with Gasteiger partial charge in [0.1, 0.15) is 5.52 Å². The molecule has 1 aromatic carbocycles. The standard InChI is InChI=1S/C17H22N2O3/c1-2-8-16-15(7-1)18-17(22-16)19(11-13-5-3-9-20-13)12-14-6-4-10-21-14/h1-2,7-8,13-14H,3-6,9-12H2/t13-,14+. The van der Waals surface area contributed by atoms with Crippen molar-refractivity contribution in [2.24, 2.45) is 0 Å². The summed E-state index contributed by atoms with van der Waals surface area (Å²) in [5.41, 5.74) is 1.74. The van der Waals surface area contributed by atoms with Crippen LogP contribution in [0, 0.1) is 0 Å². The van der Waals surface area contributed by atoms with Crippen LogP contribution in [-0.4, -0.2) is 43.5 Å². The van der Waals surface area contributed by atoms with Crippen molar-refractivity contribution in [3.63, 3.8) is 0 Å². The molecule has 3 heterocycles. The Morgan fingerprint density at radius 1 is 1.00 bits per heavy atom. The van der Waals surface area contributed by atoms with E-state index in [1.54, 1.807) is 0 Å². The molecule has 0 amide bonds. The van der Waals surface area contributed by atoms with Crippen LogP contribution in [0.1, 0.15) is 25.7 Å². The SMILES string of the molecule is c1ccc2oc(N(C[C@H]3CCCO3)C[C@@H]3CCCO3)nc2c1. The molecule has 2 fully saturated rings. The van der Waals surface area contributed by atoms with Crippen LogP contribution >= 0.6 is 0 Å². The summed E-state index contributed by atoms with van der Waals surface area (Å²) in [5.74, 6) is 0. The van der Waals surface area contributed by atoms with E-state index in [0.717, 1.165) is 63.1 Å². The third kappa shape index (κ3) is 2.96. The Balaban J connectivity index is 1.56. The molecule has 0 unspecified atom stereocenters. The third-order valence-electron chi connectivity index (χ3n) is 4.45. The molecule has 2 saturated heterocycles.